The van der Waals surface area contributed by atoms with Gasteiger partial charge in [0.1, 0.15) is 5.82 Å². The molecule has 20 heavy (non-hydrogen) atoms. The zero-order chi connectivity index (χ0) is 14.5. The Kier molecular flexibility index (Phi) is 4.89. The van der Waals surface area contributed by atoms with E-state index in [2.05, 4.69) is 21.8 Å². The molecule has 0 amide bonds. The molecule has 1 aromatic heterocycles. The van der Waals surface area contributed by atoms with Gasteiger partial charge in [-0.15, -0.1) is 0 Å². The Hall–Kier alpha value is -1.69. The molecule has 110 valence electrons. The summed E-state index contributed by atoms with van der Waals surface area (Å²) in [5.74, 6) is -0.434. The van der Waals surface area contributed by atoms with Crippen molar-refractivity contribution >= 4 is 11.8 Å². The maximum absolute atomic E-state index is 10.9. The molecular formula is C14H22N4O2. The number of carboxylic acids is 1. The lowest BCUT2D eigenvalue weighted by Gasteiger charge is -2.26. The van der Waals surface area contributed by atoms with Crippen LogP contribution in [0.4, 0.5) is 5.82 Å². The first-order valence-electron chi connectivity index (χ1n) is 7.08. The van der Waals surface area contributed by atoms with Crippen molar-refractivity contribution < 1.29 is 9.90 Å². The summed E-state index contributed by atoms with van der Waals surface area (Å²) < 4.78 is 0. The van der Waals surface area contributed by atoms with Gasteiger partial charge >= 0.3 is 5.97 Å². The van der Waals surface area contributed by atoms with E-state index < -0.39 is 5.97 Å². The monoisotopic (exact) mass is 278 g/mol. The first kappa shape index (κ1) is 14.7. The van der Waals surface area contributed by atoms with Crippen LogP contribution in [-0.4, -0.2) is 58.7 Å². The first-order chi connectivity index (χ1) is 9.58. The third kappa shape index (κ3) is 3.66. The van der Waals surface area contributed by atoms with Crippen LogP contribution in [0.25, 0.3) is 0 Å². The zero-order valence-electron chi connectivity index (χ0n) is 12.1. The van der Waals surface area contributed by atoms with Crippen LogP contribution in [0, 0.1) is 0 Å². The van der Waals surface area contributed by atoms with Crippen LogP contribution >= 0.6 is 0 Å². The van der Waals surface area contributed by atoms with E-state index in [1.54, 1.807) is 6.20 Å². The quantitative estimate of drug-likeness (QED) is 0.850. The molecule has 0 bridgehead atoms. The van der Waals surface area contributed by atoms with Gasteiger partial charge in [-0.25, -0.2) is 9.78 Å². The Labute approximate surface area is 119 Å². The van der Waals surface area contributed by atoms with Crippen molar-refractivity contribution in [1.82, 2.24) is 14.9 Å². The molecule has 0 aromatic carbocycles. The molecule has 0 radical (unpaired) electrons. The van der Waals surface area contributed by atoms with Gasteiger partial charge in [-0.3, -0.25) is 4.98 Å². The molecule has 1 fully saturated rings. The number of carboxylic acid groups (broad SMARTS) is 1. The van der Waals surface area contributed by atoms with Gasteiger partial charge in [0.05, 0.1) is 12.4 Å². The summed E-state index contributed by atoms with van der Waals surface area (Å²) in [6.45, 7) is 5.48. The fourth-order valence-corrected chi connectivity index (χ4v) is 2.50. The van der Waals surface area contributed by atoms with Crippen molar-refractivity contribution in [3.8, 4) is 0 Å². The van der Waals surface area contributed by atoms with Gasteiger partial charge in [0.15, 0.2) is 5.69 Å². The number of nitrogens with zero attached hydrogens (tertiary/aromatic N) is 4. The van der Waals surface area contributed by atoms with Gasteiger partial charge < -0.3 is 14.9 Å². The number of aromatic carboxylic acids is 1. The molecule has 0 aliphatic carbocycles. The van der Waals surface area contributed by atoms with Crippen LogP contribution in [0.3, 0.4) is 0 Å². The van der Waals surface area contributed by atoms with Crippen LogP contribution in [0.1, 0.15) is 36.7 Å². The molecular weight excluding hydrogens is 256 g/mol. The number of hydrogen-bond acceptors (Lipinski definition) is 5. The van der Waals surface area contributed by atoms with Crippen molar-refractivity contribution in [2.45, 2.75) is 32.2 Å². The summed E-state index contributed by atoms with van der Waals surface area (Å²) in [5.41, 5.74) is -0.0121. The van der Waals surface area contributed by atoms with E-state index in [9.17, 15) is 4.79 Å². The molecule has 6 nitrogen and oxygen atoms in total. The first-order valence-corrected chi connectivity index (χ1v) is 7.08. The Morgan fingerprint density at radius 1 is 1.45 bits per heavy atom. The largest absolute Gasteiger partial charge is 0.476 e. The highest BCUT2D eigenvalue weighted by molar-refractivity contribution is 5.85. The molecule has 1 aromatic rings. The third-order valence-corrected chi connectivity index (χ3v) is 3.88. The third-order valence-electron chi connectivity index (χ3n) is 3.88. The van der Waals surface area contributed by atoms with E-state index in [1.165, 1.54) is 32.1 Å². The topological polar surface area (TPSA) is 69.6 Å². The van der Waals surface area contributed by atoms with Crippen LogP contribution in [-0.2, 0) is 0 Å². The fourth-order valence-electron chi connectivity index (χ4n) is 2.50. The van der Waals surface area contributed by atoms with Crippen molar-refractivity contribution in [1.29, 1.82) is 0 Å². The molecule has 1 N–H and O–H groups in total. The Balaban J connectivity index is 1.89. The number of carbonyl (C=O) groups is 1. The smallest absolute Gasteiger partial charge is 0.356 e. The zero-order valence-corrected chi connectivity index (χ0v) is 12.1. The van der Waals surface area contributed by atoms with Crippen LogP contribution < -0.4 is 4.90 Å². The molecule has 1 saturated heterocycles. The summed E-state index contributed by atoms with van der Waals surface area (Å²) in [5, 5.41) is 8.93. The lowest BCUT2D eigenvalue weighted by Crippen LogP contribution is -2.33. The standard InChI is InChI=1S/C14H22N4O2/c1-11(18-6-3-4-7-18)5-8-17(2)13-10-15-9-12(16-13)14(19)20/h9-11H,3-8H2,1-2H3,(H,19,20). The molecule has 0 saturated carbocycles. The predicted molar refractivity (Wildman–Crippen MR) is 77.1 cm³/mol. The van der Waals surface area contributed by atoms with Crippen LogP contribution in [0.2, 0.25) is 0 Å². The Bertz CT molecular complexity index is 460. The maximum Gasteiger partial charge on any atom is 0.356 e. The summed E-state index contributed by atoms with van der Waals surface area (Å²) in [6.07, 6.45) is 6.51. The summed E-state index contributed by atoms with van der Waals surface area (Å²) in [7, 11) is 1.92. The normalized spacial score (nSPS) is 17.1. The number of anilines is 1. The molecule has 1 atom stereocenters. The molecule has 2 rings (SSSR count). The van der Waals surface area contributed by atoms with E-state index in [1.807, 2.05) is 11.9 Å². The average molecular weight is 278 g/mol. The SMILES string of the molecule is CC(CCN(C)c1cncc(C(=O)O)n1)N1CCCC1. The lowest BCUT2D eigenvalue weighted by molar-refractivity contribution is 0.0690. The average Bonchev–Trinajstić information content (AvgIpc) is 2.98. The van der Waals surface area contributed by atoms with E-state index >= 15 is 0 Å². The van der Waals surface area contributed by atoms with E-state index in [0.717, 1.165) is 13.0 Å². The maximum atomic E-state index is 10.9. The molecule has 1 aliphatic heterocycles. The summed E-state index contributed by atoms with van der Waals surface area (Å²) >= 11 is 0. The minimum Gasteiger partial charge on any atom is -0.476 e. The molecule has 6 heteroatoms. The van der Waals surface area contributed by atoms with Gasteiger partial charge in [0.25, 0.3) is 0 Å². The highest BCUT2D eigenvalue weighted by atomic mass is 16.4. The van der Waals surface area contributed by atoms with Gasteiger partial charge in [-0.1, -0.05) is 0 Å². The molecule has 0 spiro atoms. The Morgan fingerprint density at radius 3 is 2.80 bits per heavy atom. The number of likely N-dealkylation sites (tertiary alicyclic amines) is 1. The minimum absolute atomic E-state index is 0.0121. The van der Waals surface area contributed by atoms with E-state index in [0.29, 0.717) is 11.9 Å². The highest BCUT2D eigenvalue weighted by Crippen LogP contribution is 2.15. The fraction of sp³-hybridized carbons (Fsp3) is 0.643. The second-order valence-corrected chi connectivity index (χ2v) is 5.37. The second kappa shape index (κ2) is 6.65. The number of hydrogen-bond donors (Lipinski definition) is 1. The highest BCUT2D eigenvalue weighted by Gasteiger charge is 2.18. The van der Waals surface area contributed by atoms with Crippen LogP contribution in [0.5, 0.6) is 0 Å². The molecule has 1 aliphatic rings. The van der Waals surface area contributed by atoms with E-state index in [4.69, 9.17) is 5.11 Å². The summed E-state index contributed by atoms with van der Waals surface area (Å²) in [6, 6.07) is 0.551. The van der Waals surface area contributed by atoms with Crippen LogP contribution in [0.15, 0.2) is 12.4 Å². The van der Waals surface area contributed by atoms with E-state index in [-0.39, 0.29) is 5.69 Å². The lowest BCUT2D eigenvalue weighted by atomic mass is 10.2. The predicted octanol–water partition coefficient (Wildman–Crippen LogP) is 1.49. The van der Waals surface area contributed by atoms with Gasteiger partial charge in [0.2, 0.25) is 0 Å². The number of rotatable bonds is 6. The van der Waals surface area contributed by atoms with Crippen molar-refractivity contribution in [3.63, 3.8) is 0 Å². The van der Waals surface area contributed by atoms with Crippen molar-refractivity contribution in [2.24, 2.45) is 0 Å². The second-order valence-electron chi connectivity index (χ2n) is 5.37. The Morgan fingerprint density at radius 2 is 2.15 bits per heavy atom. The van der Waals surface area contributed by atoms with Crippen molar-refractivity contribution in [3.05, 3.63) is 18.1 Å². The summed E-state index contributed by atoms with van der Waals surface area (Å²) in [4.78, 5) is 23.4. The minimum atomic E-state index is -1.04. The van der Waals surface area contributed by atoms with Gasteiger partial charge in [-0.05, 0) is 39.3 Å². The van der Waals surface area contributed by atoms with Crippen molar-refractivity contribution in [2.75, 3.05) is 31.6 Å². The molecule has 2 heterocycles. The van der Waals surface area contributed by atoms with Gasteiger partial charge in [0, 0.05) is 19.6 Å². The van der Waals surface area contributed by atoms with Gasteiger partial charge in [-0.2, -0.15) is 0 Å². The molecule has 1 unspecified atom stereocenters. The number of aromatic nitrogens is 2.